The molecule has 0 saturated carbocycles. The third-order valence-corrected chi connectivity index (χ3v) is 5.60. The Hall–Kier alpha value is -3.93. The highest BCUT2D eigenvalue weighted by molar-refractivity contribution is 6.05. The molecule has 0 aliphatic carbocycles. The van der Waals surface area contributed by atoms with Crippen molar-refractivity contribution in [3.63, 3.8) is 0 Å². The molecule has 1 aliphatic rings. The lowest BCUT2D eigenvalue weighted by atomic mass is 10.1. The molecule has 0 bridgehead atoms. The minimum Gasteiger partial charge on any atom is -0.326 e. The van der Waals surface area contributed by atoms with Gasteiger partial charge in [-0.3, -0.25) is 14.4 Å². The van der Waals surface area contributed by atoms with Gasteiger partial charge in [0.1, 0.15) is 0 Å². The van der Waals surface area contributed by atoms with Gasteiger partial charge in [0.15, 0.2) is 0 Å². The summed E-state index contributed by atoms with van der Waals surface area (Å²) in [6.07, 6.45) is 1.12. The van der Waals surface area contributed by atoms with Crippen LogP contribution >= 0.6 is 0 Å². The highest BCUT2D eigenvalue weighted by atomic mass is 16.2. The van der Waals surface area contributed by atoms with Crippen molar-refractivity contribution in [3.8, 4) is 0 Å². The molecule has 3 aromatic carbocycles. The van der Waals surface area contributed by atoms with Crippen LogP contribution in [0.1, 0.15) is 29.3 Å². The van der Waals surface area contributed by atoms with Gasteiger partial charge in [-0.05, 0) is 60.5 Å². The summed E-state index contributed by atoms with van der Waals surface area (Å²) in [5.41, 5.74) is 3.82. The van der Waals surface area contributed by atoms with Crippen molar-refractivity contribution in [1.82, 2.24) is 0 Å². The Bertz CT molecular complexity index is 1110. The molecule has 6 nitrogen and oxygen atoms in total. The fourth-order valence-electron chi connectivity index (χ4n) is 3.72. The van der Waals surface area contributed by atoms with Gasteiger partial charge >= 0.3 is 0 Å². The van der Waals surface area contributed by atoms with Crippen LogP contribution in [0.25, 0.3) is 0 Å². The minimum absolute atomic E-state index is 0.0599. The third kappa shape index (κ3) is 4.86. The molecule has 2 N–H and O–H groups in total. The van der Waals surface area contributed by atoms with E-state index in [1.165, 1.54) is 5.56 Å². The summed E-state index contributed by atoms with van der Waals surface area (Å²) in [5.74, 6) is -0.899. The lowest BCUT2D eigenvalue weighted by molar-refractivity contribution is -0.122. The number of rotatable bonds is 6. The molecule has 3 aromatic rings. The van der Waals surface area contributed by atoms with Gasteiger partial charge in [0.25, 0.3) is 5.91 Å². The van der Waals surface area contributed by atoms with Gasteiger partial charge < -0.3 is 15.5 Å². The SMILES string of the molecule is CCc1ccc(NC(=O)c2ccc(NC(=O)C3CC(=O)N(c4ccccc4)C3)cc2)cc1. The predicted molar refractivity (Wildman–Crippen MR) is 126 cm³/mol. The number of nitrogens with one attached hydrogen (secondary N) is 2. The van der Waals surface area contributed by atoms with E-state index in [0.717, 1.165) is 17.8 Å². The van der Waals surface area contributed by atoms with Crippen LogP contribution in [0.5, 0.6) is 0 Å². The van der Waals surface area contributed by atoms with Gasteiger partial charge in [0.05, 0.1) is 5.92 Å². The number of hydrogen-bond acceptors (Lipinski definition) is 3. The van der Waals surface area contributed by atoms with Crippen molar-refractivity contribution in [2.24, 2.45) is 5.92 Å². The van der Waals surface area contributed by atoms with E-state index in [9.17, 15) is 14.4 Å². The van der Waals surface area contributed by atoms with Crippen LogP contribution in [0.3, 0.4) is 0 Å². The Morgan fingerprint density at radius 2 is 1.50 bits per heavy atom. The summed E-state index contributed by atoms with van der Waals surface area (Å²) in [6, 6.07) is 23.8. The van der Waals surface area contributed by atoms with Crippen molar-refractivity contribution >= 4 is 34.8 Å². The Balaban J connectivity index is 1.34. The number of carbonyl (C=O) groups excluding carboxylic acids is 3. The zero-order valence-electron chi connectivity index (χ0n) is 17.9. The van der Waals surface area contributed by atoms with Gasteiger partial charge in [-0.1, -0.05) is 37.3 Å². The number of benzene rings is 3. The van der Waals surface area contributed by atoms with Gasteiger partial charge in [0, 0.05) is 35.6 Å². The maximum absolute atomic E-state index is 12.7. The fourth-order valence-corrected chi connectivity index (χ4v) is 3.72. The van der Waals surface area contributed by atoms with Crippen LogP contribution in [0.2, 0.25) is 0 Å². The molecule has 0 aromatic heterocycles. The van der Waals surface area contributed by atoms with Gasteiger partial charge in [-0.25, -0.2) is 0 Å². The number of anilines is 3. The summed E-state index contributed by atoms with van der Waals surface area (Å²) < 4.78 is 0. The molecule has 1 aliphatic heterocycles. The van der Waals surface area contributed by atoms with Gasteiger partial charge in [0.2, 0.25) is 11.8 Å². The molecule has 0 spiro atoms. The molecule has 1 atom stereocenters. The van der Waals surface area contributed by atoms with Crippen LogP contribution in [-0.2, 0) is 16.0 Å². The Morgan fingerprint density at radius 1 is 0.875 bits per heavy atom. The van der Waals surface area contributed by atoms with E-state index in [1.54, 1.807) is 29.2 Å². The minimum atomic E-state index is -0.420. The number of carbonyl (C=O) groups is 3. The molecule has 6 heteroatoms. The van der Waals surface area contributed by atoms with Crippen molar-refractivity contribution in [3.05, 3.63) is 90.0 Å². The summed E-state index contributed by atoms with van der Waals surface area (Å²) in [6.45, 7) is 2.43. The number of para-hydroxylation sites is 1. The molecule has 162 valence electrons. The maximum atomic E-state index is 12.7. The maximum Gasteiger partial charge on any atom is 0.255 e. The van der Waals surface area contributed by atoms with E-state index < -0.39 is 5.92 Å². The first-order valence-corrected chi connectivity index (χ1v) is 10.7. The quantitative estimate of drug-likeness (QED) is 0.608. The van der Waals surface area contributed by atoms with E-state index >= 15 is 0 Å². The van der Waals surface area contributed by atoms with Gasteiger partial charge in [-0.2, -0.15) is 0 Å². The smallest absolute Gasteiger partial charge is 0.255 e. The first-order valence-electron chi connectivity index (χ1n) is 10.7. The van der Waals surface area contributed by atoms with E-state index in [2.05, 4.69) is 17.6 Å². The molecule has 0 radical (unpaired) electrons. The van der Waals surface area contributed by atoms with Crippen molar-refractivity contribution in [2.75, 3.05) is 22.1 Å². The molecule has 32 heavy (non-hydrogen) atoms. The van der Waals surface area contributed by atoms with Crippen molar-refractivity contribution in [1.29, 1.82) is 0 Å². The van der Waals surface area contributed by atoms with E-state index in [-0.39, 0.29) is 24.1 Å². The topological polar surface area (TPSA) is 78.5 Å². The molecular weight excluding hydrogens is 402 g/mol. The Morgan fingerprint density at radius 3 is 2.16 bits per heavy atom. The first kappa shape index (κ1) is 21.3. The van der Waals surface area contributed by atoms with Crippen LogP contribution in [0.15, 0.2) is 78.9 Å². The van der Waals surface area contributed by atoms with Crippen LogP contribution in [0, 0.1) is 5.92 Å². The number of amides is 3. The zero-order chi connectivity index (χ0) is 22.5. The normalized spacial score (nSPS) is 15.5. The molecule has 1 saturated heterocycles. The van der Waals surface area contributed by atoms with Crippen LogP contribution < -0.4 is 15.5 Å². The molecule has 1 unspecified atom stereocenters. The Labute approximate surface area is 187 Å². The van der Waals surface area contributed by atoms with Crippen LogP contribution in [-0.4, -0.2) is 24.3 Å². The average Bonchev–Trinajstić information content (AvgIpc) is 3.22. The lowest BCUT2D eigenvalue weighted by Gasteiger charge is -2.16. The third-order valence-electron chi connectivity index (χ3n) is 5.60. The first-order chi connectivity index (χ1) is 15.5. The van der Waals surface area contributed by atoms with Gasteiger partial charge in [-0.15, -0.1) is 0 Å². The second-order valence-electron chi connectivity index (χ2n) is 7.81. The lowest BCUT2D eigenvalue weighted by Crippen LogP contribution is -2.28. The average molecular weight is 428 g/mol. The van der Waals surface area contributed by atoms with Crippen molar-refractivity contribution < 1.29 is 14.4 Å². The monoisotopic (exact) mass is 427 g/mol. The van der Waals surface area contributed by atoms with Crippen LogP contribution in [0.4, 0.5) is 17.1 Å². The number of aryl methyl sites for hydroxylation is 1. The van der Waals surface area contributed by atoms with E-state index in [0.29, 0.717) is 17.8 Å². The second-order valence-corrected chi connectivity index (χ2v) is 7.81. The number of hydrogen-bond donors (Lipinski definition) is 2. The standard InChI is InChI=1S/C26H25N3O3/c1-2-18-8-12-21(13-9-18)27-25(31)19-10-14-22(15-11-19)28-26(32)20-16-24(30)29(17-20)23-6-4-3-5-7-23/h3-15,20H,2,16-17H2,1H3,(H,27,31)(H,28,32). The predicted octanol–water partition coefficient (Wildman–Crippen LogP) is 4.49. The molecule has 3 amide bonds. The zero-order valence-corrected chi connectivity index (χ0v) is 17.9. The highest BCUT2D eigenvalue weighted by Gasteiger charge is 2.35. The largest absolute Gasteiger partial charge is 0.326 e. The summed E-state index contributed by atoms with van der Waals surface area (Å²) in [4.78, 5) is 39.1. The second kappa shape index (κ2) is 9.47. The summed E-state index contributed by atoms with van der Waals surface area (Å²) in [7, 11) is 0. The van der Waals surface area contributed by atoms with E-state index in [4.69, 9.17) is 0 Å². The molecule has 1 fully saturated rings. The number of nitrogens with zero attached hydrogens (tertiary/aromatic N) is 1. The molecular formula is C26H25N3O3. The summed E-state index contributed by atoms with van der Waals surface area (Å²) in [5, 5.41) is 5.73. The summed E-state index contributed by atoms with van der Waals surface area (Å²) >= 11 is 0. The van der Waals surface area contributed by atoms with E-state index in [1.807, 2.05) is 54.6 Å². The Kier molecular flexibility index (Phi) is 6.31. The van der Waals surface area contributed by atoms with Crippen molar-refractivity contribution in [2.45, 2.75) is 19.8 Å². The molecule has 4 rings (SSSR count). The fraction of sp³-hybridized carbons (Fsp3) is 0.192. The highest BCUT2D eigenvalue weighted by Crippen LogP contribution is 2.26. The molecule has 1 heterocycles.